The number of rotatable bonds is 5. The van der Waals surface area contributed by atoms with E-state index in [1.807, 2.05) is 0 Å². The fraction of sp³-hybridized carbons (Fsp3) is 0.750. The van der Waals surface area contributed by atoms with Gasteiger partial charge in [0.05, 0.1) is 0 Å². The summed E-state index contributed by atoms with van der Waals surface area (Å²) in [5.41, 5.74) is 0. The Morgan fingerprint density at radius 1 is 1.50 bits per heavy atom. The van der Waals surface area contributed by atoms with E-state index >= 15 is 0 Å². The topological polar surface area (TPSA) is 89.9 Å². The first-order chi connectivity index (χ1) is 6.52. The first-order valence-corrected chi connectivity index (χ1v) is 4.38. The summed E-state index contributed by atoms with van der Waals surface area (Å²) in [4.78, 5) is 23.2. The van der Waals surface area contributed by atoms with Gasteiger partial charge in [-0.25, -0.2) is 9.59 Å². The average molecular weight is 204 g/mol. The molecule has 0 aromatic carbocycles. The summed E-state index contributed by atoms with van der Waals surface area (Å²) >= 11 is 0. The Bertz CT molecular complexity index is 208. The Morgan fingerprint density at radius 2 is 2.07 bits per heavy atom. The fourth-order valence-electron chi connectivity index (χ4n) is 0.789. The summed E-state index contributed by atoms with van der Waals surface area (Å²) in [5, 5.41) is 19.5. The summed E-state index contributed by atoms with van der Waals surface area (Å²) in [6, 6.07) is -1.48. The number of hydrogen-bond acceptors (Lipinski definition) is 3. The molecule has 0 unspecified atom stereocenters. The van der Waals surface area contributed by atoms with Crippen LogP contribution in [0.5, 0.6) is 0 Å². The highest BCUT2D eigenvalue weighted by molar-refractivity contribution is 5.82. The molecule has 2 amide bonds. The standard InChI is InChI=1S/C8H16N2O4/c1-3-10(2)8(14)9-6(4-5-11)7(12)13/h6,11H,3-5H2,1-2H3,(H,9,14)(H,12,13)/t6-/m1/s1. The Balaban J connectivity index is 4.15. The van der Waals surface area contributed by atoms with Crippen LogP contribution in [0.1, 0.15) is 13.3 Å². The summed E-state index contributed by atoms with van der Waals surface area (Å²) in [7, 11) is 1.56. The molecule has 0 saturated heterocycles. The predicted molar refractivity (Wildman–Crippen MR) is 50.0 cm³/mol. The zero-order valence-corrected chi connectivity index (χ0v) is 8.36. The molecule has 14 heavy (non-hydrogen) atoms. The quantitative estimate of drug-likeness (QED) is 0.562. The van der Waals surface area contributed by atoms with Crippen molar-refractivity contribution < 1.29 is 19.8 Å². The highest BCUT2D eigenvalue weighted by Crippen LogP contribution is 1.93. The van der Waals surface area contributed by atoms with E-state index < -0.39 is 18.0 Å². The van der Waals surface area contributed by atoms with Gasteiger partial charge in [0.1, 0.15) is 6.04 Å². The second-order valence-corrected chi connectivity index (χ2v) is 2.87. The number of carbonyl (C=O) groups is 2. The molecule has 0 fully saturated rings. The van der Waals surface area contributed by atoms with Crippen molar-refractivity contribution in [2.75, 3.05) is 20.2 Å². The third-order valence-electron chi connectivity index (χ3n) is 1.83. The van der Waals surface area contributed by atoms with Gasteiger partial charge in [-0.3, -0.25) is 0 Å². The van der Waals surface area contributed by atoms with Crippen molar-refractivity contribution >= 4 is 12.0 Å². The zero-order valence-electron chi connectivity index (χ0n) is 8.36. The van der Waals surface area contributed by atoms with Crippen LogP contribution in [-0.2, 0) is 4.79 Å². The van der Waals surface area contributed by atoms with Crippen LogP contribution in [0.15, 0.2) is 0 Å². The number of carboxylic acid groups (broad SMARTS) is 1. The van der Waals surface area contributed by atoms with Crippen LogP contribution in [0.25, 0.3) is 0 Å². The predicted octanol–water partition coefficient (Wildman–Crippen LogP) is -0.517. The maximum Gasteiger partial charge on any atom is 0.326 e. The molecule has 0 aliphatic carbocycles. The molecule has 0 radical (unpaired) electrons. The number of urea groups is 1. The highest BCUT2D eigenvalue weighted by Gasteiger charge is 2.20. The second-order valence-electron chi connectivity index (χ2n) is 2.87. The van der Waals surface area contributed by atoms with Gasteiger partial charge in [0, 0.05) is 26.6 Å². The summed E-state index contributed by atoms with van der Waals surface area (Å²) in [6.45, 7) is 2.01. The van der Waals surface area contributed by atoms with E-state index in [4.69, 9.17) is 10.2 Å². The first-order valence-electron chi connectivity index (χ1n) is 4.38. The van der Waals surface area contributed by atoms with Crippen LogP contribution in [0.4, 0.5) is 4.79 Å². The Morgan fingerprint density at radius 3 is 2.43 bits per heavy atom. The van der Waals surface area contributed by atoms with Crippen LogP contribution in [0, 0.1) is 0 Å². The van der Waals surface area contributed by atoms with Gasteiger partial charge in [-0.05, 0) is 6.92 Å². The lowest BCUT2D eigenvalue weighted by molar-refractivity contribution is -0.139. The number of carbonyl (C=O) groups excluding carboxylic acids is 1. The van der Waals surface area contributed by atoms with E-state index in [-0.39, 0.29) is 13.0 Å². The van der Waals surface area contributed by atoms with Crippen molar-refractivity contribution in [2.45, 2.75) is 19.4 Å². The van der Waals surface area contributed by atoms with Crippen molar-refractivity contribution in [1.29, 1.82) is 0 Å². The molecule has 0 spiro atoms. The zero-order chi connectivity index (χ0) is 11.1. The highest BCUT2D eigenvalue weighted by atomic mass is 16.4. The maximum absolute atomic E-state index is 11.2. The third kappa shape index (κ3) is 4.08. The Hall–Kier alpha value is -1.30. The van der Waals surface area contributed by atoms with Crippen molar-refractivity contribution in [3.05, 3.63) is 0 Å². The van der Waals surface area contributed by atoms with Crippen molar-refractivity contribution in [3.63, 3.8) is 0 Å². The lowest BCUT2D eigenvalue weighted by Gasteiger charge is -2.19. The van der Waals surface area contributed by atoms with E-state index in [2.05, 4.69) is 5.32 Å². The van der Waals surface area contributed by atoms with Crippen molar-refractivity contribution in [1.82, 2.24) is 10.2 Å². The molecule has 0 aromatic heterocycles. The SMILES string of the molecule is CCN(C)C(=O)N[C@H](CCO)C(=O)O. The number of nitrogens with one attached hydrogen (secondary N) is 1. The van der Waals surface area contributed by atoms with E-state index in [0.717, 1.165) is 0 Å². The molecule has 3 N–H and O–H groups in total. The normalized spacial score (nSPS) is 11.9. The van der Waals surface area contributed by atoms with Gasteiger partial charge in [0.25, 0.3) is 0 Å². The largest absolute Gasteiger partial charge is 0.480 e. The minimum absolute atomic E-state index is 0.0125. The van der Waals surface area contributed by atoms with Crippen LogP contribution < -0.4 is 5.32 Å². The Kier molecular flexibility index (Phi) is 5.62. The van der Waals surface area contributed by atoms with E-state index in [9.17, 15) is 9.59 Å². The van der Waals surface area contributed by atoms with Crippen LogP contribution in [0.3, 0.4) is 0 Å². The molecule has 6 nitrogen and oxygen atoms in total. The lowest BCUT2D eigenvalue weighted by atomic mass is 10.2. The number of aliphatic hydroxyl groups excluding tert-OH is 1. The number of carboxylic acids is 1. The maximum atomic E-state index is 11.2. The molecule has 0 saturated carbocycles. The van der Waals surface area contributed by atoms with Gasteiger partial charge in [-0.2, -0.15) is 0 Å². The number of hydrogen-bond donors (Lipinski definition) is 3. The molecule has 0 rings (SSSR count). The molecule has 0 aliphatic rings. The van der Waals surface area contributed by atoms with Crippen LogP contribution >= 0.6 is 0 Å². The fourth-order valence-corrected chi connectivity index (χ4v) is 0.789. The lowest BCUT2D eigenvalue weighted by Crippen LogP contribution is -2.46. The molecule has 0 bridgehead atoms. The van der Waals surface area contributed by atoms with Crippen LogP contribution in [-0.4, -0.2) is 53.4 Å². The molecular formula is C8H16N2O4. The molecule has 1 atom stereocenters. The summed E-state index contributed by atoms with van der Waals surface area (Å²) < 4.78 is 0. The minimum Gasteiger partial charge on any atom is -0.480 e. The second kappa shape index (κ2) is 6.20. The monoisotopic (exact) mass is 204 g/mol. The van der Waals surface area contributed by atoms with Crippen molar-refractivity contribution in [2.24, 2.45) is 0 Å². The van der Waals surface area contributed by atoms with Gasteiger partial charge < -0.3 is 20.4 Å². The number of amides is 2. The molecule has 0 aliphatic heterocycles. The molecule has 6 heteroatoms. The third-order valence-corrected chi connectivity index (χ3v) is 1.83. The summed E-state index contributed by atoms with van der Waals surface area (Å²) in [6.07, 6.45) is 0.0125. The molecule has 0 heterocycles. The summed E-state index contributed by atoms with van der Waals surface area (Å²) in [5.74, 6) is -1.14. The molecule has 0 aromatic rings. The number of nitrogens with zero attached hydrogens (tertiary/aromatic N) is 1. The number of aliphatic carboxylic acids is 1. The number of aliphatic hydroxyl groups is 1. The van der Waals surface area contributed by atoms with Gasteiger partial charge in [-0.15, -0.1) is 0 Å². The average Bonchev–Trinajstić information content (AvgIpc) is 2.15. The van der Waals surface area contributed by atoms with Crippen molar-refractivity contribution in [3.8, 4) is 0 Å². The van der Waals surface area contributed by atoms with E-state index in [1.165, 1.54) is 4.90 Å². The van der Waals surface area contributed by atoms with Gasteiger partial charge in [0.15, 0.2) is 0 Å². The first kappa shape index (κ1) is 12.7. The van der Waals surface area contributed by atoms with Crippen LogP contribution in [0.2, 0.25) is 0 Å². The van der Waals surface area contributed by atoms with Gasteiger partial charge >= 0.3 is 12.0 Å². The molecule has 82 valence electrons. The Labute approximate surface area is 82.5 Å². The van der Waals surface area contributed by atoms with Gasteiger partial charge in [0.2, 0.25) is 0 Å². The van der Waals surface area contributed by atoms with Gasteiger partial charge in [-0.1, -0.05) is 0 Å². The smallest absolute Gasteiger partial charge is 0.326 e. The van der Waals surface area contributed by atoms with E-state index in [0.29, 0.717) is 6.54 Å². The van der Waals surface area contributed by atoms with E-state index in [1.54, 1.807) is 14.0 Å². The minimum atomic E-state index is -1.14. The molecular weight excluding hydrogens is 188 g/mol.